The van der Waals surface area contributed by atoms with Gasteiger partial charge in [-0.3, -0.25) is 4.79 Å². The topological polar surface area (TPSA) is 38.3 Å². The molecule has 0 saturated carbocycles. The van der Waals surface area contributed by atoms with Crippen molar-refractivity contribution in [1.82, 2.24) is 5.32 Å². The summed E-state index contributed by atoms with van der Waals surface area (Å²) in [5.41, 5.74) is 0. The minimum Gasteiger partial charge on any atom is -0.367 e. The van der Waals surface area contributed by atoms with Crippen molar-refractivity contribution >= 4 is 5.91 Å². The van der Waals surface area contributed by atoms with E-state index in [-0.39, 0.29) is 18.6 Å². The van der Waals surface area contributed by atoms with E-state index in [1.165, 1.54) is 0 Å². The number of hydrogen-bond donors (Lipinski definition) is 1. The second-order valence-corrected chi connectivity index (χ2v) is 1.93. The number of carbonyl (C=O) groups is 1. The van der Waals surface area contributed by atoms with E-state index in [2.05, 4.69) is 5.32 Å². The number of morpholine rings is 1. The average molecular weight is 115 g/mol. The molecule has 0 aromatic carbocycles. The maximum Gasteiger partial charge on any atom is 0.246 e. The lowest BCUT2D eigenvalue weighted by molar-refractivity contribution is -0.132. The highest BCUT2D eigenvalue weighted by Gasteiger charge is 2.12. The number of nitrogens with one attached hydrogen (secondary N) is 1. The molecule has 8 heavy (non-hydrogen) atoms. The van der Waals surface area contributed by atoms with Crippen LogP contribution in [0.1, 0.15) is 6.92 Å². The Labute approximate surface area is 48.0 Å². The molecular weight excluding hydrogens is 106 g/mol. The summed E-state index contributed by atoms with van der Waals surface area (Å²) in [4.78, 5) is 10.4. The first-order valence-electron chi connectivity index (χ1n) is 2.67. The van der Waals surface area contributed by atoms with Crippen LogP contribution in [0, 0.1) is 0 Å². The first-order chi connectivity index (χ1) is 3.79. The highest BCUT2D eigenvalue weighted by Crippen LogP contribution is 1.92. The van der Waals surface area contributed by atoms with Crippen LogP contribution >= 0.6 is 0 Å². The van der Waals surface area contributed by atoms with E-state index in [0.717, 1.165) is 0 Å². The molecule has 1 aliphatic heterocycles. The van der Waals surface area contributed by atoms with Crippen LogP contribution in [0.15, 0.2) is 0 Å². The Kier molecular flexibility index (Phi) is 1.48. The van der Waals surface area contributed by atoms with E-state index >= 15 is 0 Å². The minimum atomic E-state index is -0.0110. The zero-order chi connectivity index (χ0) is 5.98. The van der Waals surface area contributed by atoms with Crippen molar-refractivity contribution < 1.29 is 9.53 Å². The van der Waals surface area contributed by atoms with Gasteiger partial charge in [0.2, 0.25) is 5.91 Å². The van der Waals surface area contributed by atoms with Gasteiger partial charge in [0.25, 0.3) is 0 Å². The van der Waals surface area contributed by atoms with Gasteiger partial charge in [0.05, 0.1) is 6.10 Å². The fraction of sp³-hybridized carbons (Fsp3) is 0.800. The fourth-order valence-corrected chi connectivity index (χ4v) is 0.585. The predicted octanol–water partition coefficient (Wildman–Crippen LogP) is -0.479. The van der Waals surface area contributed by atoms with Gasteiger partial charge in [-0.15, -0.1) is 0 Å². The molecular formula is C5H9NO2. The van der Waals surface area contributed by atoms with Crippen molar-refractivity contribution in [2.45, 2.75) is 13.0 Å². The normalized spacial score (nSPS) is 29.6. The molecule has 1 atom stereocenters. The number of rotatable bonds is 0. The summed E-state index contributed by atoms with van der Waals surface area (Å²) in [5.74, 6) is -0.0110. The molecule has 0 radical (unpaired) electrons. The van der Waals surface area contributed by atoms with E-state index in [9.17, 15) is 4.79 Å². The first-order valence-corrected chi connectivity index (χ1v) is 2.67. The van der Waals surface area contributed by atoms with Crippen molar-refractivity contribution in [3.05, 3.63) is 0 Å². The largest absolute Gasteiger partial charge is 0.367 e. The summed E-state index contributed by atoms with van der Waals surface area (Å²) >= 11 is 0. The Bertz CT molecular complexity index is 92.6. The van der Waals surface area contributed by atoms with Gasteiger partial charge in [-0.1, -0.05) is 0 Å². The fourth-order valence-electron chi connectivity index (χ4n) is 0.585. The molecule has 1 rings (SSSR count). The highest BCUT2D eigenvalue weighted by molar-refractivity contribution is 5.77. The molecule has 46 valence electrons. The van der Waals surface area contributed by atoms with Crippen molar-refractivity contribution in [3.8, 4) is 0 Å². The summed E-state index contributed by atoms with van der Waals surface area (Å²) in [6.45, 7) is 2.80. The first kappa shape index (κ1) is 5.56. The molecule has 1 aliphatic rings. The number of amides is 1. The van der Waals surface area contributed by atoms with Crippen molar-refractivity contribution in [3.63, 3.8) is 0 Å². The van der Waals surface area contributed by atoms with Crippen LogP contribution in [0.2, 0.25) is 0 Å². The van der Waals surface area contributed by atoms with Crippen LogP contribution in [-0.4, -0.2) is 25.2 Å². The van der Waals surface area contributed by atoms with E-state index in [0.29, 0.717) is 6.54 Å². The second kappa shape index (κ2) is 2.13. The lowest BCUT2D eigenvalue weighted by Crippen LogP contribution is -2.41. The Morgan fingerprint density at radius 3 is 3.00 bits per heavy atom. The lowest BCUT2D eigenvalue weighted by Gasteiger charge is -2.18. The molecule has 1 amide bonds. The third-order valence-electron chi connectivity index (χ3n) is 1.09. The Morgan fingerprint density at radius 1 is 1.88 bits per heavy atom. The average Bonchev–Trinajstić information content (AvgIpc) is 1.77. The summed E-state index contributed by atoms with van der Waals surface area (Å²) in [5, 5.41) is 2.67. The van der Waals surface area contributed by atoms with E-state index < -0.39 is 0 Å². The molecule has 0 spiro atoms. The van der Waals surface area contributed by atoms with Crippen molar-refractivity contribution in [2.24, 2.45) is 0 Å². The van der Waals surface area contributed by atoms with Gasteiger partial charge in [0.15, 0.2) is 0 Å². The SMILES string of the molecule is CC1CNC(=O)CO1. The standard InChI is InChI=1S/C5H9NO2/c1-4-2-6-5(7)3-8-4/h4H,2-3H2,1H3,(H,6,7). The second-order valence-electron chi connectivity index (χ2n) is 1.93. The zero-order valence-electron chi connectivity index (χ0n) is 4.81. The molecule has 0 aromatic rings. The minimum absolute atomic E-state index is 0.0110. The lowest BCUT2D eigenvalue weighted by atomic mass is 10.3. The monoisotopic (exact) mass is 115 g/mol. The molecule has 1 heterocycles. The zero-order valence-corrected chi connectivity index (χ0v) is 4.81. The highest BCUT2D eigenvalue weighted by atomic mass is 16.5. The number of hydrogen-bond acceptors (Lipinski definition) is 2. The third-order valence-corrected chi connectivity index (χ3v) is 1.09. The molecule has 3 nitrogen and oxygen atoms in total. The summed E-state index contributed by atoms with van der Waals surface area (Å²) in [6.07, 6.45) is 0.188. The smallest absolute Gasteiger partial charge is 0.246 e. The predicted molar refractivity (Wildman–Crippen MR) is 28.4 cm³/mol. The van der Waals surface area contributed by atoms with Crippen molar-refractivity contribution in [1.29, 1.82) is 0 Å². The Morgan fingerprint density at radius 2 is 2.62 bits per heavy atom. The summed E-state index contributed by atoms with van der Waals surface area (Å²) in [6, 6.07) is 0. The number of ether oxygens (including phenoxy) is 1. The van der Waals surface area contributed by atoms with E-state index in [1.807, 2.05) is 6.92 Å². The Balaban J connectivity index is 2.29. The maximum atomic E-state index is 10.4. The van der Waals surface area contributed by atoms with Gasteiger partial charge in [0, 0.05) is 6.54 Å². The molecule has 3 heteroatoms. The van der Waals surface area contributed by atoms with Gasteiger partial charge in [-0.05, 0) is 6.92 Å². The van der Waals surface area contributed by atoms with E-state index in [1.54, 1.807) is 0 Å². The van der Waals surface area contributed by atoms with Crippen LogP contribution in [0.5, 0.6) is 0 Å². The molecule has 0 aliphatic carbocycles. The van der Waals surface area contributed by atoms with Crippen molar-refractivity contribution in [2.75, 3.05) is 13.2 Å². The van der Waals surface area contributed by atoms with Crippen LogP contribution in [0.3, 0.4) is 0 Å². The van der Waals surface area contributed by atoms with Crippen LogP contribution < -0.4 is 5.32 Å². The molecule has 1 unspecified atom stereocenters. The van der Waals surface area contributed by atoms with E-state index in [4.69, 9.17) is 4.74 Å². The van der Waals surface area contributed by atoms with Gasteiger partial charge in [0.1, 0.15) is 6.61 Å². The third kappa shape index (κ3) is 1.20. The number of carbonyl (C=O) groups excluding carboxylic acids is 1. The van der Waals surface area contributed by atoms with Crippen LogP contribution in [-0.2, 0) is 9.53 Å². The van der Waals surface area contributed by atoms with Gasteiger partial charge in [-0.2, -0.15) is 0 Å². The molecule has 1 saturated heterocycles. The van der Waals surface area contributed by atoms with Gasteiger partial charge >= 0.3 is 0 Å². The summed E-state index contributed by atoms with van der Waals surface area (Å²) < 4.78 is 4.98. The van der Waals surface area contributed by atoms with Crippen LogP contribution in [0.25, 0.3) is 0 Å². The van der Waals surface area contributed by atoms with Gasteiger partial charge < -0.3 is 10.1 Å². The quantitative estimate of drug-likeness (QED) is 0.463. The molecule has 0 aromatic heterocycles. The molecule has 0 bridgehead atoms. The summed E-state index contributed by atoms with van der Waals surface area (Å²) in [7, 11) is 0. The van der Waals surface area contributed by atoms with Crippen LogP contribution in [0.4, 0.5) is 0 Å². The maximum absolute atomic E-state index is 10.4. The van der Waals surface area contributed by atoms with Gasteiger partial charge in [-0.25, -0.2) is 0 Å². The molecule has 1 fully saturated rings. The molecule has 1 N–H and O–H groups in total. The Hall–Kier alpha value is -0.570.